The Morgan fingerprint density at radius 3 is 2.22 bits per heavy atom. The summed E-state index contributed by atoms with van der Waals surface area (Å²) in [6.45, 7) is 2.25. The zero-order valence-electron chi connectivity index (χ0n) is 13.8. The van der Waals surface area contributed by atoms with Gasteiger partial charge in [-0.15, -0.1) is 0 Å². The van der Waals surface area contributed by atoms with Gasteiger partial charge in [-0.05, 0) is 75.3 Å². The number of carbonyl (C=O) groups excluding carboxylic acids is 1. The largest absolute Gasteiger partial charge is 0.473 e. The summed E-state index contributed by atoms with van der Waals surface area (Å²) in [6.07, 6.45) is 7.68. The third-order valence-corrected chi connectivity index (χ3v) is 5.91. The number of hydrogen-bond acceptors (Lipinski definition) is 2. The summed E-state index contributed by atoms with van der Waals surface area (Å²) in [5.74, 6) is 3.30. The molecule has 4 nitrogen and oxygen atoms in total. The molecule has 0 atom stereocenters. The highest BCUT2D eigenvalue weighted by molar-refractivity contribution is 5.74. The Hall–Kier alpha value is -1.71. The molecular formula is C19H26N2O2. The van der Waals surface area contributed by atoms with E-state index in [-0.39, 0.29) is 18.3 Å². The molecule has 0 unspecified atom stereocenters. The van der Waals surface area contributed by atoms with E-state index in [2.05, 4.69) is 10.6 Å². The Bertz CT molecular complexity index is 546. The molecular weight excluding hydrogens is 288 g/mol. The summed E-state index contributed by atoms with van der Waals surface area (Å²) in [7, 11) is 0. The fourth-order valence-corrected chi connectivity index (χ4v) is 5.37. The molecule has 1 aromatic carbocycles. The van der Waals surface area contributed by atoms with Gasteiger partial charge in [0, 0.05) is 5.54 Å². The molecule has 1 aromatic rings. The van der Waals surface area contributed by atoms with Crippen LogP contribution in [-0.4, -0.2) is 18.3 Å². The maximum Gasteiger partial charge on any atom is 0.317 e. The van der Waals surface area contributed by atoms with E-state index in [4.69, 9.17) is 4.74 Å². The third-order valence-electron chi connectivity index (χ3n) is 5.91. The average Bonchev–Trinajstić information content (AvgIpc) is 2.47. The van der Waals surface area contributed by atoms with Crippen LogP contribution in [0.15, 0.2) is 24.3 Å². The molecule has 4 aliphatic rings. The molecule has 2 N–H and O–H groups in total. The summed E-state index contributed by atoms with van der Waals surface area (Å²) in [6, 6.07) is 7.77. The van der Waals surface area contributed by atoms with Crippen molar-refractivity contribution in [2.45, 2.75) is 51.0 Å². The van der Waals surface area contributed by atoms with Crippen LogP contribution in [0, 0.1) is 24.7 Å². The molecule has 4 heteroatoms. The lowest BCUT2D eigenvalue weighted by Crippen LogP contribution is -2.61. The van der Waals surface area contributed by atoms with Crippen LogP contribution in [-0.2, 0) is 0 Å². The number of carbonyl (C=O) groups is 1. The van der Waals surface area contributed by atoms with Gasteiger partial charge in [-0.3, -0.25) is 0 Å². The number of amides is 2. The van der Waals surface area contributed by atoms with Crippen LogP contribution >= 0.6 is 0 Å². The normalized spacial score (nSPS) is 34.2. The molecule has 5 rings (SSSR count). The molecule has 4 fully saturated rings. The first-order valence-corrected chi connectivity index (χ1v) is 8.86. The van der Waals surface area contributed by atoms with E-state index in [1.807, 2.05) is 31.2 Å². The van der Waals surface area contributed by atoms with Crippen LogP contribution in [0.3, 0.4) is 0 Å². The Labute approximate surface area is 138 Å². The Morgan fingerprint density at radius 2 is 1.65 bits per heavy atom. The summed E-state index contributed by atoms with van der Waals surface area (Å²) in [5.41, 5.74) is 1.26. The number of aryl methyl sites for hydroxylation is 1. The van der Waals surface area contributed by atoms with E-state index in [9.17, 15) is 4.79 Å². The fourth-order valence-electron chi connectivity index (χ4n) is 5.37. The lowest BCUT2D eigenvalue weighted by atomic mass is 9.53. The number of urea groups is 1. The van der Waals surface area contributed by atoms with Crippen molar-refractivity contribution >= 4 is 6.03 Å². The molecule has 23 heavy (non-hydrogen) atoms. The van der Waals surface area contributed by atoms with Crippen molar-refractivity contribution < 1.29 is 9.53 Å². The van der Waals surface area contributed by atoms with Gasteiger partial charge in [0.05, 0.1) is 0 Å². The molecule has 4 saturated carbocycles. The minimum Gasteiger partial charge on any atom is -0.473 e. The summed E-state index contributed by atoms with van der Waals surface area (Å²) >= 11 is 0. The van der Waals surface area contributed by atoms with E-state index >= 15 is 0 Å². The first-order valence-electron chi connectivity index (χ1n) is 8.86. The Morgan fingerprint density at radius 1 is 1.09 bits per heavy atom. The van der Waals surface area contributed by atoms with Crippen molar-refractivity contribution in [3.05, 3.63) is 29.8 Å². The van der Waals surface area contributed by atoms with Gasteiger partial charge in [0.1, 0.15) is 5.75 Å². The predicted molar refractivity (Wildman–Crippen MR) is 89.2 cm³/mol. The first-order chi connectivity index (χ1) is 11.1. The molecule has 4 aliphatic carbocycles. The molecule has 0 heterocycles. The van der Waals surface area contributed by atoms with Crippen LogP contribution in [0.4, 0.5) is 4.79 Å². The van der Waals surface area contributed by atoms with Crippen molar-refractivity contribution in [2.75, 3.05) is 6.73 Å². The number of rotatable bonds is 4. The van der Waals surface area contributed by atoms with Gasteiger partial charge >= 0.3 is 6.03 Å². The van der Waals surface area contributed by atoms with Crippen molar-refractivity contribution in [2.24, 2.45) is 17.8 Å². The zero-order valence-corrected chi connectivity index (χ0v) is 13.8. The van der Waals surface area contributed by atoms with Gasteiger partial charge in [0.25, 0.3) is 0 Å². The molecule has 0 saturated heterocycles. The number of benzene rings is 1. The Balaban J connectivity index is 1.28. The van der Waals surface area contributed by atoms with E-state index in [0.29, 0.717) is 0 Å². The molecule has 0 spiro atoms. The average molecular weight is 314 g/mol. The fraction of sp³-hybridized carbons (Fsp3) is 0.632. The van der Waals surface area contributed by atoms with Crippen LogP contribution in [0.2, 0.25) is 0 Å². The minimum absolute atomic E-state index is 0.0582. The van der Waals surface area contributed by atoms with Crippen molar-refractivity contribution in [1.29, 1.82) is 0 Å². The van der Waals surface area contributed by atoms with Gasteiger partial charge in [-0.1, -0.05) is 17.7 Å². The van der Waals surface area contributed by atoms with Crippen molar-refractivity contribution in [3.63, 3.8) is 0 Å². The monoisotopic (exact) mass is 314 g/mol. The lowest BCUT2D eigenvalue weighted by molar-refractivity contribution is -0.0137. The summed E-state index contributed by atoms with van der Waals surface area (Å²) in [4.78, 5) is 12.3. The second-order valence-corrected chi connectivity index (χ2v) is 7.93. The van der Waals surface area contributed by atoms with E-state index in [0.717, 1.165) is 23.5 Å². The maximum absolute atomic E-state index is 12.3. The Kier molecular flexibility index (Phi) is 3.70. The minimum atomic E-state index is -0.0842. The molecule has 4 bridgehead atoms. The lowest BCUT2D eigenvalue weighted by Gasteiger charge is -2.56. The quantitative estimate of drug-likeness (QED) is 0.834. The van der Waals surface area contributed by atoms with Gasteiger partial charge in [-0.2, -0.15) is 0 Å². The smallest absolute Gasteiger partial charge is 0.317 e. The molecule has 0 aliphatic heterocycles. The number of nitrogens with one attached hydrogen (secondary N) is 2. The standard InChI is InChI=1S/C19H26N2O2/c1-13-2-4-17(5-3-13)23-12-20-18(22)21-19-9-14-6-15(10-19)8-16(7-14)11-19/h2-5,14-16H,6-12H2,1H3,(H2,20,21,22). The second-order valence-electron chi connectivity index (χ2n) is 7.93. The third kappa shape index (κ3) is 3.17. The predicted octanol–water partition coefficient (Wildman–Crippen LogP) is 3.60. The summed E-state index contributed by atoms with van der Waals surface area (Å²) in [5, 5.41) is 6.14. The topological polar surface area (TPSA) is 50.4 Å². The molecule has 0 radical (unpaired) electrons. The molecule has 0 aromatic heterocycles. The van der Waals surface area contributed by atoms with Crippen LogP contribution in [0.5, 0.6) is 5.75 Å². The van der Waals surface area contributed by atoms with Gasteiger partial charge in [-0.25, -0.2) is 4.79 Å². The number of ether oxygens (including phenoxy) is 1. The van der Waals surface area contributed by atoms with Crippen LogP contribution in [0.1, 0.15) is 44.1 Å². The van der Waals surface area contributed by atoms with E-state index in [1.165, 1.54) is 44.1 Å². The zero-order chi connectivity index (χ0) is 15.9. The van der Waals surface area contributed by atoms with E-state index in [1.54, 1.807) is 0 Å². The van der Waals surface area contributed by atoms with Crippen molar-refractivity contribution in [3.8, 4) is 5.75 Å². The van der Waals surface area contributed by atoms with E-state index < -0.39 is 0 Å². The van der Waals surface area contributed by atoms with Crippen molar-refractivity contribution in [1.82, 2.24) is 10.6 Å². The highest BCUT2D eigenvalue weighted by Crippen LogP contribution is 2.55. The van der Waals surface area contributed by atoms with Gasteiger partial charge in [0.15, 0.2) is 6.73 Å². The summed E-state index contributed by atoms with van der Waals surface area (Å²) < 4.78 is 5.58. The highest BCUT2D eigenvalue weighted by atomic mass is 16.5. The van der Waals surface area contributed by atoms with Crippen LogP contribution in [0.25, 0.3) is 0 Å². The second kappa shape index (κ2) is 5.73. The first kappa shape index (κ1) is 14.9. The van der Waals surface area contributed by atoms with Gasteiger partial charge in [0.2, 0.25) is 0 Å². The highest BCUT2D eigenvalue weighted by Gasteiger charge is 2.51. The molecule has 2 amide bonds. The molecule has 124 valence electrons. The SMILES string of the molecule is Cc1ccc(OCNC(=O)NC23CC4CC(CC(C4)C2)C3)cc1. The maximum atomic E-state index is 12.3. The van der Waals surface area contributed by atoms with Gasteiger partial charge < -0.3 is 15.4 Å². The number of hydrogen-bond donors (Lipinski definition) is 2. The van der Waals surface area contributed by atoms with Crippen LogP contribution < -0.4 is 15.4 Å².